The molecule has 2 aliphatic rings. The summed E-state index contributed by atoms with van der Waals surface area (Å²) in [5, 5.41) is 8.27. The molecule has 1 saturated carbocycles. The summed E-state index contributed by atoms with van der Waals surface area (Å²) in [4.78, 5) is 0. The Labute approximate surface area is 115 Å². The van der Waals surface area contributed by atoms with Crippen LogP contribution >= 0.6 is 0 Å². The lowest BCUT2D eigenvalue weighted by molar-refractivity contribution is 0.0808. The Hall–Kier alpha value is -0.870. The van der Waals surface area contributed by atoms with Gasteiger partial charge in [0.1, 0.15) is 0 Å². The quantitative estimate of drug-likeness (QED) is 0.885. The van der Waals surface area contributed by atoms with Gasteiger partial charge in [-0.25, -0.2) is 0 Å². The molecule has 3 rings (SSSR count). The van der Waals surface area contributed by atoms with Gasteiger partial charge in [-0.3, -0.25) is 4.68 Å². The fourth-order valence-corrected chi connectivity index (χ4v) is 3.14. The summed E-state index contributed by atoms with van der Waals surface area (Å²) in [7, 11) is 2.00. The Balaban J connectivity index is 1.62. The third-order valence-corrected chi connectivity index (χ3v) is 4.26. The Bertz CT molecular complexity index is 437. The van der Waals surface area contributed by atoms with Crippen LogP contribution in [0.2, 0.25) is 0 Å². The van der Waals surface area contributed by atoms with Gasteiger partial charge in [0.15, 0.2) is 0 Å². The summed E-state index contributed by atoms with van der Waals surface area (Å²) in [5.41, 5.74) is 2.55. The molecule has 0 spiro atoms. The molecular formula is C15H25N3O. The van der Waals surface area contributed by atoms with Crippen LogP contribution in [0.15, 0.2) is 6.20 Å². The van der Waals surface area contributed by atoms with Crippen LogP contribution in [0.5, 0.6) is 0 Å². The van der Waals surface area contributed by atoms with Gasteiger partial charge in [-0.2, -0.15) is 5.10 Å². The zero-order valence-electron chi connectivity index (χ0n) is 12.2. The van der Waals surface area contributed by atoms with Crippen molar-refractivity contribution in [2.45, 2.75) is 57.7 Å². The first kappa shape index (κ1) is 13.1. The van der Waals surface area contributed by atoms with E-state index in [9.17, 15) is 0 Å². The molecule has 0 amide bonds. The number of hydrogen-bond acceptors (Lipinski definition) is 3. The normalized spacial score (nSPS) is 27.4. The number of nitrogens with zero attached hydrogens (tertiary/aromatic N) is 2. The van der Waals surface area contributed by atoms with Crippen molar-refractivity contribution in [1.29, 1.82) is 0 Å². The van der Waals surface area contributed by atoms with Crippen molar-refractivity contribution in [1.82, 2.24) is 15.1 Å². The second-order valence-corrected chi connectivity index (χ2v) is 6.32. The van der Waals surface area contributed by atoms with E-state index < -0.39 is 0 Å². The fraction of sp³-hybridized carbons (Fsp3) is 0.800. The van der Waals surface area contributed by atoms with Crippen molar-refractivity contribution in [3.05, 3.63) is 17.5 Å². The SMILES string of the molecule is CC(C)c1nn(C)cc1CNC1CCOC1C1CC1. The molecule has 19 heavy (non-hydrogen) atoms. The number of rotatable bonds is 5. The maximum absolute atomic E-state index is 5.88. The zero-order valence-corrected chi connectivity index (χ0v) is 12.2. The lowest BCUT2D eigenvalue weighted by Gasteiger charge is -2.19. The van der Waals surface area contributed by atoms with Gasteiger partial charge in [0.2, 0.25) is 0 Å². The maximum Gasteiger partial charge on any atom is 0.0757 e. The standard InChI is InChI=1S/C15H25N3O/c1-10(2)14-12(9-18(3)17-14)8-16-13-6-7-19-15(13)11-4-5-11/h9-11,13,15-16H,4-8H2,1-3H3. The summed E-state index contributed by atoms with van der Waals surface area (Å²) in [5.74, 6) is 1.30. The Kier molecular flexibility index (Phi) is 3.63. The molecule has 1 aromatic heterocycles. The van der Waals surface area contributed by atoms with Crippen LogP contribution in [0, 0.1) is 5.92 Å². The molecule has 4 heteroatoms. The molecule has 0 bridgehead atoms. The molecule has 1 aromatic rings. The van der Waals surface area contributed by atoms with Crippen molar-refractivity contribution in [3.8, 4) is 0 Å². The van der Waals surface area contributed by atoms with E-state index >= 15 is 0 Å². The Morgan fingerprint density at radius 2 is 2.21 bits per heavy atom. The second kappa shape index (κ2) is 5.25. The minimum Gasteiger partial charge on any atom is -0.376 e. The van der Waals surface area contributed by atoms with Crippen LogP contribution in [0.1, 0.15) is 50.3 Å². The molecule has 0 radical (unpaired) electrons. The summed E-state index contributed by atoms with van der Waals surface area (Å²) in [6.45, 7) is 6.25. The molecule has 106 valence electrons. The van der Waals surface area contributed by atoms with E-state index in [0.717, 1.165) is 25.5 Å². The van der Waals surface area contributed by atoms with Gasteiger partial charge >= 0.3 is 0 Å². The average Bonchev–Trinajstić information content (AvgIpc) is 2.97. The van der Waals surface area contributed by atoms with Gasteiger partial charge in [0, 0.05) is 38.0 Å². The van der Waals surface area contributed by atoms with Crippen LogP contribution in [-0.4, -0.2) is 28.5 Å². The zero-order chi connectivity index (χ0) is 13.4. The predicted octanol–water partition coefficient (Wildman–Crippen LogP) is 2.20. The number of nitrogens with one attached hydrogen (secondary N) is 1. The van der Waals surface area contributed by atoms with E-state index in [1.807, 2.05) is 11.7 Å². The number of hydrogen-bond donors (Lipinski definition) is 1. The first-order valence-electron chi connectivity index (χ1n) is 7.52. The average molecular weight is 263 g/mol. The third-order valence-electron chi connectivity index (χ3n) is 4.26. The highest BCUT2D eigenvalue weighted by atomic mass is 16.5. The molecule has 2 fully saturated rings. The van der Waals surface area contributed by atoms with Crippen LogP contribution < -0.4 is 5.32 Å². The van der Waals surface area contributed by atoms with Gasteiger partial charge in [0.05, 0.1) is 11.8 Å². The van der Waals surface area contributed by atoms with E-state index in [4.69, 9.17) is 4.74 Å². The highest BCUT2D eigenvalue weighted by molar-refractivity contribution is 5.20. The molecule has 1 aliphatic carbocycles. The number of aryl methyl sites for hydroxylation is 1. The Morgan fingerprint density at radius 3 is 2.89 bits per heavy atom. The largest absolute Gasteiger partial charge is 0.376 e. The van der Waals surface area contributed by atoms with Gasteiger partial charge in [-0.15, -0.1) is 0 Å². The third kappa shape index (κ3) is 2.84. The van der Waals surface area contributed by atoms with Crippen LogP contribution in [0.4, 0.5) is 0 Å². The van der Waals surface area contributed by atoms with E-state index in [1.54, 1.807) is 0 Å². The van der Waals surface area contributed by atoms with E-state index in [0.29, 0.717) is 18.1 Å². The lowest BCUT2D eigenvalue weighted by Crippen LogP contribution is -2.37. The Morgan fingerprint density at radius 1 is 1.42 bits per heavy atom. The maximum atomic E-state index is 5.88. The second-order valence-electron chi connectivity index (χ2n) is 6.32. The topological polar surface area (TPSA) is 39.1 Å². The van der Waals surface area contributed by atoms with Crippen molar-refractivity contribution in [3.63, 3.8) is 0 Å². The monoisotopic (exact) mass is 263 g/mol. The molecule has 1 N–H and O–H groups in total. The van der Waals surface area contributed by atoms with Crippen molar-refractivity contribution < 1.29 is 4.74 Å². The van der Waals surface area contributed by atoms with Crippen LogP contribution in [-0.2, 0) is 18.3 Å². The first-order chi connectivity index (χ1) is 9.15. The summed E-state index contributed by atoms with van der Waals surface area (Å²) in [6.07, 6.45) is 6.46. The summed E-state index contributed by atoms with van der Waals surface area (Å²) >= 11 is 0. The van der Waals surface area contributed by atoms with Crippen molar-refractivity contribution in [2.24, 2.45) is 13.0 Å². The van der Waals surface area contributed by atoms with E-state index in [1.165, 1.54) is 24.1 Å². The number of aromatic nitrogens is 2. The molecule has 2 heterocycles. The molecule has 4 nitrogen and oxygen atoms in total. The van der Waals surface area contributed by atoms with Gasteiger partial charge < -0.3 is 10.1 Å². The molecule has 1 saturated heterocycles. The van der Waals surface area contributed by atoms with Gasteiger partial charge in [-0.1, -0.05) is 13.8 Å². The first-order valence-corrected chi connectivity index (χ1v) is 7.52. The predicted molar refractivity (Wildman–Crippen MR) is 75.0 cm³/mol. The highest BCUT2D eigenvalue weighted by Gasteiger charge is 2.40. The van der Waals surface area contributed by atoms with Gasteiger partial charge in [0.25, 0.3) is 0 Å². The van der Waals surface area contributed by atoms with Crippen LogP contribution in [0.3, 0.4) is 0 Å². The molecular weight excluding hydrogens is 238 g/mol. The molecule has 2 unspecified atom stereocenters. The highest BCUT2D eigenvalue weighted by Crippen LogP contribution is 2.38. The van der Waals surface area contributed by atoms with E-state index in [2.05, 4.69) is 30.5 Å². The fourth-order valence-electron chi connectivity index (χ4n) is 3.14. The minimum absolute atomic E-state index is 0.458. The van der Waals surface area contributed by atoms with Crippen molar-refractivity contribution >= 4 is 0 Å². The van der Waals surface area contributed by atoms with E-state index in [-0.39, 0.29) is 0 Å². The lowest BCUT2D eigenvalue weighted by atomic mass is 10.0. The summed E-state index contributed by atoms with van der Waals surface area (Å²) < 4.78 is 7.80. The van der Waals surface area contributed by atoms with Crippen molar-refractivity contribution in [2.75, 3.05) is 6.61 Å². The van der Waals surface area contributed by atoms with Gasteiger partial charge in [-0.05, 0) is 31.1 Å². The minimum atomic E-state index is 0.458. The molecule has 1 aliphatic heterocycles. The molecule has 2 atom stereocenters. The molecule has 0 aromatic carbocycles. The van der Waals surface area contributed by atoms with Crippen LogP contribution in [0.25, 0.3) is 0 Å². The smallest absolute Gasteiger partial charge is 0.0757 e. The number of ether oxygens (including phenoxy) is 1. The summed E-state index contributed by atoms with van der Waals surface area (Å²) in [6, 6.07) is 0.535.